The minimum absolute atomic E-state index is 0.00494. The summed E-state index contributed by atoms with van der Waals surface area (Å²) in [5, 5.41) is 5.38. The molecule has 6 heterocycles. The molecule has 25 heteroatoms. The zero-order valence-electron chi connectivity index (χ0n) is 51.7. The van der Waals surface area contributed by atoms with Crippen molar-refractivity contribution in [1.82, 2.24) is 39.0 Å². The van der Waals surface area contributed by atoms with Crippen molar-refractivity contribution in [1.29, 1.82) is 0 Å². The number of carbonyl (C=O) groups is 2. The second-order valence-corrected chi connectivity index (χ2v) is 27.5. The molecule has 93 heavy (non-hydrogen) atoms. The number of aromatic amines is 2. The van der Waals surface area contributed by atoms with E-state index < -0.39 is 77.2 Å². The summed E-state index contributed by atoms with van der Waals surface area (Å²) in [7, 11) is 3.20. The molecule has 6 aromatic carbocycles. The molecule has 2 amide bonds. The Morgan fingerprint density at radius 3 is 1.37 bits per heavy atom. The van der Waals surface area contributed by atoms with Crippen molar-refractivity contribution >= 4 is 67.3 Å². The van der Waals surface area contributed by atoms with Gasteiger partial charge in [0.05, 0.1) is 14.2 Å². The number of benzene rings is 6. The first-order valence-corrected chi connectivity index (χ1v) is 34.1. The number of nitrogens with zero attached hydrogens (tertiary/aromatic N) is 6. The fourth-order valence-corrected chi connectivity index (χ4v) is 13.8. The van der Waals surface area contributed by atoms with Gasteiger partial charge in [-0.2, -0.15) is 0 Å². The van der Waals surface area contributed by atoms with Crippen LogP contribution in [0, 0.1) is 11.8 Å². The Kier molecular flexibility index (Phi) is 19.0. The van der Waals surface area contributed by atoms with Gasteiger partial charge in [-0.1, -0.05) is 27.7 Å². The number of ether oxygens (including phenoxy) is 6. The van der Waals surface area contributed by atoms with Gasteiger partial charge in [0.25, 0.3) is 0 Å². The zero-order chi connectivity index (χ0) is 65.0. The van der Waals surface area contributed by atoms with Gasteiger partial charge in [0.2, 0.25) is 0 Å². The van der Waals surface area contributed by atoms with Gasteiger partial charge < -0.3 is 0 Å². The van der Waals surface area contributed by atoms with E-state index >= 15 is 0 Å². The molecule has 2 aliphatic heterocycles. The summed E-state index contributed by atoms with van der Waals surface area (Å²) >= 11 is 2.85. The van der Waals surface area contributed by atoms with Crippen LogP contribution >= 0.6 is 6.19 Å². The maximum absolute atomic E-state index is 13.6. The average molecular weight is 1340 g/mol. The molecule has 10 aromatic rings. The van der Waals surface area contributed by atoms with Crippen molar-refractivity contribution in [2.75, 3.05) is 38.1 Å². The SMILES string of the molecule is COc1ccc(C(OC[C@H]2O[C@@H](n3cnc4c(=O)[nH]c(NC(=O)C(C)C)nc43)C[C@@H]2OP(O)(=[Se])OC[C@H]2O[C@@H](n3cnc4c(=O)[nH]c(NC(=O)C(C)C)nc43)C[C@@H]2OC(c2ccccc2)(c2ccccc2)c2ccc(OC)cc2)(c2ccccc2)c2ccccc2)cc1. The quantitative estimate of drug-likeness (QED) is 0.0214. The summed E-state index contributed by atoms with van der Waals surface area (Å²) in [4.78, 5) is 89.3. The van der Waals surface area contributed by atoms with Gasteiger partial charge in [-0.3, -0.25) is 4.79 Å². The normalized spacial score (nSPS) is 19.1. The van der Waals surface area contributed by atoms with Gasteiger partial charge in [-0.15, -0.1) is 0 Å². The first-order valence-electron chi connectivity index (χ1n) is 30.3. The predicted molar refractivity (Wildman–Crippen MR) is 348 cm³/mol. The number of amides is 2. The molecule has 2 saturated heterocycles. The monoisotopic (exact) mass is 1340 g/mol. The van der Waals surface area contributed by atoms with Crippen molar-refractivity contribution < 1.29 is 52.0 Å². The van der Waals surface area contributed by atoms with Gasteiger partial charge in [-0.05, 0) is 0 Å². The van der Waals surface area contributed by atoms with Crippen LogP contribution in [0.1, 0.15) is 86.4 Å². The van der Waals surface area contributed by atoms with Gasteiger partial charge in [0.1, 0.15) is 0 Å². The number of imidazole rings is 2. The van der Waals surface area contributed by atoms with Gasteiger partial charge in [0.15, 0.2) is 0 Å². The van der Waals surface area contributed by atoms with E-state index in [4.69, 9.17) is 37.5 Å². The van der Waals surface area contributed by atoms with E-state index in [9.17, 15) is 24.1 Å². The third-order valence-electron chi connectivity index (χ3n) is 16.6. The van der Waals surface area contributed by atoms with Crippen LogP contribution in [0.4, 0.5) is 11.9 Å². The molecule has 12 rings (SSSR count). The standard InChI is InChI=1S/C68H69N10O13PSe/c1-41(2)61(79)73-65-71-59-57(63(81)75-65)69-39-77(59)55-35-51(90-68(45-23-15-9-16-24-45,46-25-17-10-18-26-46)48-29-33-50(85-6)34-30-48)54(89-55)38-87-92(83,93)91-52-36-56(78-40-70-58-60(78)72-66(76-64(58)82)74-62(80)42(3)4)88-53(52)37-86-67(43-19-11-7-12-20-43,44-21-13-8-14-22-44)47-27-31-49(84-5)32-28-47/h7-34,39-42,51-56H,35-38H2,1-6H3,(H,83,93)(H2,71,73,75,79,81)(H2,72,74,76,80,82)/t51-,52-,53+,54+,55+,56+,92?/m0/s1. The fourth-order valence-electron chi connectivity index (χ4n) is 11.8. The number of hydrogen-bond donors (Lipinski definition) is 5. The van der Waals surface area contributed by atoms with E-state index in [0.29, 0.717) is 11.5 Å². The third-order valence-corrected chi connectivity index (χ3v) is 18.8. The molecule has 2 aliphatic rings. The van der Waals surface area contributed by atoms with E-state index in [0.717, 1.165) is 33.4 Å². The molecular weight excluding hydrogens is 1270 g/mol. The number of anilines is 2. The topological polar surface area (TPSA) is 279 Å². The van der Waals surface area contributed by atoms with Crippen LogP contribution in [0.25, 0.3) is 22.3 Å². The summed E-state index contributed by atoms with van der Waals surface area (Å²) < 4.78 is 57.0. The number of methoxy groups -OCH3 is 2. The molecule has 0 aliphatic carbocycles. The summed E-state index contributed by atoms with van der Waals surface area (Å²) in [5.74, 6) is -0.431. The number of fused-ring (bicyclic) bond motifs is 2. The summed E-state index contributed by atoms with van der Waals surface area (Å²) in [6, 6.07) is 54.4. The van der Waals surface area contributed by atoms with Crippen LogP contribution in [0.15, 0.2) is 192 Å². The number of nitrogens with one attached hydrogen (secondary N) is 4. The average Bonchev–Trinajstić information content (AvgIpc) is 1.68. The minimum atomic E-state index is -4.12. The Morgan fingerprint density at radius 1 is 0.581 bits per heavy atom. The maximum atomic E-state index is 13.6. The van der Waals surface area contributed by atoms with Crippen LogP contribution in [0.5, 0.6) is 11.5 Å². The Morgan fingerprint density at radius 2 is 0.957 bits per heavy atom. The molecule has 0 saturated carbocycles. The van der Waals surface area contributed by atoms with E-state index in [-0.39, 0.29) is 72.1 Å². The Labute approximate surface area is 542 Å². The molecule has 0 spiro atoms. The van der Waals surface area contributed by atoms with Crippen molar-refractivity contribution in [2.24, 2.45) is 11.8 Å². The number of hydrogen-bond acceptors (Lipinski definition) is 17. The Hall–Kier alpha value is -8.77. The fraction of sp³-hybridized carbons (Fsp3) is 0.294. The molecule has 4 aromatic heterocycles. The van der Waals surface area contributed by atoms with E-state index in [1.54, 1.807) is 51.0 Å². The first kappa shape index (κ1) is 64.3. The Bertz CT molecular complexity index is 4350. The third kappa shape index (κ3) is 13.3. The first-order chi connectivity index (χ1) is 45.0. The molecule has 5 N–H and O–H groups in total. The number of carbonyl (C=O) groups excluding carboxylic acids is 2. The predicted octanol–water partition coefficient (Wildman–Crippen LogP) is 9.66. The van der Waals surface area contributed by atoms with Gasteiger partial charge >= 0.3 is 492 Å². The summed E-state index contributed by atoms with van der Waals surface area (Å²) in [6.45, 7) is 6.40. The Balaban J connectivity index is 0.917. The summed E-state index contributed by atoms with van der Waals surface area (Å²) in [5.41, 5.74) is 1.20. The molecular formula is C68H69N10O13PSe. The zero-order valence-corrected chi connectivity index (χ0v) is 54.3. The van der Waals surface area contributed by atoms with Gasteiger partial charge in [0, 0.05) is 5.92 Å². The summed E-state index contributed by atoms with van der Waals surface area (Å²) in [6.07, 6.45) is -6.80. The molecule has 7 atom stereocenters. The van der Waals surface area contributed by atoms with Crippen LogP contribution in [-0.4, -0.2) is 123 Å². The van der Waals surface area contributed by atoms with Crippen LogP contribution in [0.2, 0.25) is 0 Å². The molecule has 480 valence electrons. The molecule has 1 unspecified atom stereocenters. The van der Waals surface area contributed by atoms with Gasteiger partial charge in [-0.25, -0.2) is 0 Å². The van der Waals surface area contributed by atoms with Crippen molar-refractivity contribution in [3.05, 3.63) is 237 Å². The van der Waals surface area contributed by atoms with Crippen LogP contribution < -0.4 is 31.2 Å². The van der Waals surface area contributed by atoms with Crippen LogP contribution in [-0.2, 0) is 48.8 Å². The number of rotatable bonds is 24. The van der Waals surface area contributed by atoms with E-state index in [2.05, 4.69) is 55.6 Å². The van der Waals surface area contributed by atoms with E-state index in [1.807, 2.05) is 170 Å². The van der Waals surface area contributed by atoms with Crippen LogP contribution in [0.3, 0.4) is 0 Å². The van der Waals surface area contributed by atoms with Crippen molar-refractivity contribution in [3.63, 3.8) is 0 Å². The molecule has 0 bridgehead atoms. The van der Waals surface area contributed by atoms with Crippen molar-refractivity contribution in [3.8, 4) is 11.5 Å². The van der Waals surface area contributed by atoms with Crippen molar-refractivity contribution in [2.45, 2.75) is 88.6 Å². The second-order valence-electron chi connectivity index (χ2n) is 23.2. The molecule has 23 nitrogen and oxygen atoms in total. The molecule has 0 radical (unpaired) electrons. The van der Waals surface area contributed by atoms with E-state index in [1.165, 1.54) is 12.7 Å². The molecule has 2 fully saturated rings. The second kappa shape index (κ2) is 27.4. The number of aromatic nitrogens is 8. The number of H-pyrrole nitrogens is 2.